The quantitative estimate of drug-likeness (QED) is 0.186. The molecule has 0 aliphatic carbocycles. The van der Waals surface area contributed by atoms with E-state index in [0.717, 1.165) is 44.0 Å². The number of ether oxygens (including phenoxy) is 1. The van der Waals surface area contributed by atoms with E-state index >= 15 is 0 Å². The Balaban J connectivity index is 1.78. The van der Waals surface area contributed by atoms with Crippen LogP contribution in [0.25, 0.3) is 32.8 Å². The van der Waals surface area contributed by atoms with Gasteiger partial charge in [0.05, 0.1) is 28.5 Å². The van der Waals surface area contributed by atoms with E-state index in [1.807, 2.05) is 60.7 Å². The van der Waals surface area contributed by atoms with Crippen molar-refractivity contribution in [3.8, 4) is 11.5 Å². The molecule has 1 aliphatic rings. The Labute approximate surface area is 171 Å². The molecule has 0 saturated carbocycles. The molecule has 0 saturated heterocycles. The van der Waals surface area contributed by atoms with Crippen molar-refractivity contribution in [1.29, 1.82) is 0 Å². The van der Waals surface area contributed by atoms with E-state index in [4.69, 9.17) is 14.7 Å². The van der Waals surface area contributed by atoms with Gasteiger partial charge >= 0.3 is 5.97 Å². The van der Waals surface area contributed by atoms with Crippen molar-refractivity contribution in [3.63, 3.8) is 0 Å². The number of aromatic nitrogens is 2. The van der Waals surface area contributed by atoms with E-state index in [2.05, 4.69) is 0 Å². The zero-order valence-corrected chi connectivity index (χ0v) is 15.9. The number of benzene rings is 4. The fraction of sp³-hybridized carbons (Fsp3) is 0.0800. The van der Waals surface area contributed by atoms with E-state index in [-0.39, 0.29) is 24.1 Å². The summed E-state index contributed by atoms with van der Waals surface area (Å²) < 4.78 is 5.78. The molecule has 5 nitrogen and oxygen atoms in total. The number of carbonyl (C=O) groups excluding carboxylic acids is 1. The fourth-order valence-electron chi connectivity index (χ4n) is 4.36. The fourth-order valence-corrected chi connectivity index (χ4v) is 4.36. The van der Waals surface area contributed by atoms with Crippen LogP contribution in [-0.2, 0) is 4.79 Å². The highest BCUT2D eigenvalue weighted by molar-refractivity contribution is 6.12. The molecule has 1 N–H and O–H groups in total. The lowest BCUT2D eigenvalue weighted by Gasteiger charge is -2.27. The van der Waals surface area contributed by atoms with Crippen LogP contribution in [0, 0.1) is 0 Å². The second-order valence-electron chi connectivity index (χ2n) is 7.52. The number of hydrogen-bond acceptors (Lipinski definition) is 5. The zero-order chi connectivity index (χ0) is 20.2. The predicted octanol–water partition coefficient (Wildman–Crippen LogP) is 5.08. The Morgan fingerprint density at radius 3 is 2.17 bits per heavy atom. The highest BCUT2D eigenvalue weighted by Gasteiger charge is 2.33. The molecule has 0 amide bonds. The molecule has 0 bridgehead atoms. The number of aromatic hydroxyl groups is 1. The molecule has 0 radical (unpaired) electrons. The molecule has 4 aromatic carbocycles. The normalized spacial score (nSPS) is 16.0. The first kappa shape index (κ1) is 16.9. The van der Waals surface area contributed by atoms with Crippen molar-refractivity contribution in [3.05, 3.63) is 83.9 Å². The van der Waals surface area contributed by atoms with Crippen molar-refractivity contribution in [1.82, 2.24) is 9.97 Å². The summed E-state index contributed by atoms with van der Waals surface area (Å²) in [5.41, 5.74) is 4.95. The number of esters is 1. The number of fused-ring (bicyclic) bond motifs is 7. The first-order chi connectivity index (χ1) is 14.7. The summed E-state index contributed by atoms with van der Waals surface area (Å²) in [6.45, 7) is 0. The third-order valence-electron chi connectivity index (χ3n) is 5.73. The Hall–Kier alpha value is -3.99. The number of phenolic OH excluding ortho intramolecular Hbond substituents is 1. The Kier molecular flexibility index (Phi) is 3.53. The smallest absolute Gasteiger partial charge is 0.312 e. The summed E-state index contributed by atoms with van der Waals surface area (Å²) in [6.07, 6.45) is 0.208. The number of para-hydroxylation sites is 2. The van der Waals surface area contributed by atoms with Crippen molar-refractivity contribution in [2.45, 2.75) is 12.3 Å². The molecule has 0 fully saturated rings. The maximum absolute atomic E-state index is 12.6. The van der Waals surface area contributed by atoms with Gasteiger partial charge < -0.3 is 9.84 Å². The lowest BCUT2D eigenvalue weighted by Crippen LogP contribution is -2.22. The first-order valence-electron chi connectivity index (χ1n) is 9.80. The minimum atomic E-state index is -0.279. The van der Waals surface area contributed by atoms with Crippen LogP contribution in [0.2, 0.25) is 0 Å². The molecule has 0 spiro atoms. The monoisotopic (exact) mass is 392 g/mol. The molecule has 1 atom stereocenters. The average molecular weight is 392 g/mol. The molecule has 30 heavy (non-hydrogen) atoms. The Bertz CT molecular complexity index is 1480. The first-order valence-corrected chi connectivity index (χ1v) is 9.80. The van der Waals surface area contributed by atoms with Crippen LogP contribution in [-0.4, -0.2) is 21.0 Å². The van der Waals surface area contributed by atoms with Gasteiger partial charge in [0.2, 0.25) is 0 Å². The maximum atomic E-state index is 12.6. The SMILES string of the molecule is O=C1C[C@@H](c2ccc(O)cc2)c2c(c3ccccc3c3nc4ccccc4nc23)O1. The van der Waals surface area contributed by atoms with E-state index in [0.29, 0.717) is 5.75 Å². The minimum Gasteiger partial charge on any atom is -0.508 e. The number of carbonyl (C=O) groups is 1. The number of hydrogen-bond donors (Lipinski definition) is 1. The number of rotatable bonds is 1. The number of nitrogens with zero attached hydrogens (tertiary/aromatic N) is 2. The van der Waals surface area contributed by atoms with E-state index in [9.17, 15) is 9.90 Å². The summed E-state index contributed by atoms with van der Waals surface area (Å²) in [5, 5.41) is 11.5. The van der Waals surface area contributed by atoms with Gasteiger partial charge in [0.15, 0.2) is 0 Å². The molecule has 2 heterocycles. The second kappa shape index (κ2) is 6.26. The van der Waals surface area contributed by atoms with Gasteiger partial charge in [-0.2, -0.15) is 0 Å². The molecule has 1 aromatic heterocycles. The van der Waals surface area contributed by atoms with Gasteiger partial charge in [0.25, 0.3) is 0 Å². The number of phenols is 1. The van der Waals surface area contributed by atoms with E-state index in [1.54, 1.807) is 12.1 Å². The molecule has 5 heteroatoms. The highest BCUT2D eigenvalue weighted by atomic mass is 16.5. The third kappa shape index (κ3) is 2.45. The van der Waals surface area contributed by atoms with Gasteiger partial charge in [0, 0.05) is 22.3 Å². The largest absolute Gasteiger partial charge is 0.508 e. The van der Waals surface area contributed by atoms with Crippen LogP contribution in [0.3, 0.4) is 0 Å². The second-order valence-corrected chi connectivity index (χ2v) is 7.52. The van der Waals surface area contributed by atoms with Crippen LogP contribution in [0.4, 0.5) is 0 Å². The van der Waals surface area contributed by atoms with Gasteiger partial charge in [-0.1, -0.05) is 48.5 Å². The molecular weight excluding hydrogens is 376 g/mol. The summed E-state index contributed by atoms with van der Waals surface area (Å²) in [7, 11) is 0. The Morgan fingerprint density at radius 1 is 0.800 bits per heavy atom. The third-order valence-corrected chi connectivity index (χ3v) is 5.73. The van der Waals surface area contributed by atoms with Crippen LogP contribution < -0.4 is 4.74 Å². The minimum absolute atomic E-state index is 0.187. The zero-order valence-electron chi connectivity index (χ0n) is 15.9. The van der Waals surface area contributed by atoms with Crippen LogP contribution in [0.1, 0.15) is 23.5 Å². The van der Waals surface area contributed by atoms with Gasteiger partial charge in [-0.05, 0) is 29.8 Å². The maximum Gasteiger partial charge on any atom is 0.312 e. The average Bonchev–Trinajstić information content (AvgIpc) is 2.78. The topological polar surface area (TPSA) is 72.3 Å². The van der Waals surface area contributed by atoms with Crippen molar-refractivity contribution >= 4 is 38.8 Å². The molecule has 0 unspecified atom stereocenters. The molecule has 5 aromatic rings. The van der Waals surface area contributed by atoms with E-state index < -0.39 is 0 Å². The van der Waals surface area contributed by atoms with Crippen molar-refractivity contribution in [2.75, 3.05) is 0 Å². The summed E-state index contributed by atoms with van der Waals surface area (Å²) >= 11 is 0. The van der Waals surface area contributed by atoms with Crippen molar-refractivity contribution < 1.29 is 14.6 Å². The molecule has 1 aliphatic heterocycles. The van der Waals surface area contributed by atoms with Crippen LogP contribution >= 0.6 is 0 Å². The molecular formula is C25H16N2O3. The highest BCUT2D eigenvalue weighted by Crippen LogP contribution is 2.47. The summed E-state index contributed by atoms with van der Waals surface area (Å²) in [5.74, 6) is 0.228. The Morgan fingerprint density at radius 2 is 1.43 bits per heavy atom. The van der Waals surface area contributed by atoms with Crippen LogP contribution in [0.15, 0.2) is 72.8 Å². The standard InChI is InChI=1S/C25H16N2O3/c28-15-11-9-14(10-12-15)18-13-21(29)30-25-17-6-2-1-5-16(17)23-24(22(18)25)27-20-8-4-3-7-19(20)26-23/h1-12,18,28H,13H2/t18-/m0/s1. The predicted molar refractivity (Wildman–Crippen MR) is 115 cm³/mol. The lowest BCUT2D eigenvalue weighted by atomic mass is 9.83. The van der Waals surface area contributed by atoms with Crippen LogP contribution in [0.5, 0.6) is 11.5 Å². The summed E-state index contributed by atoms with van der Waals surface area (Å²) in [6, 6.07) is 22.6. The summed E-state index contributed by atoms with van der Waals surface area (Å²) in [4.78, 5) is 22.4. The lowest BCUT2D eigenvalue weighted by molar-refractivity contribution is -0.135. The van der Waals surface area contributed by atoms with Gasteiger partial charge in [0.1, 0.15) is 11.5 Å². The van der Waals surface area contributed by atoms with Crippen molar-refractivity contribution in [2.24, 2.45) is 0 Å². The molecule has 144 valence electrons. The van der Waals surface area contributed by atoms with Gasteiger partial charge in [-0.25, -0.2) is 9.97 Å². The molecule has 6 rings (SSSR count). The van der Waals surface area contributed by atoms with E-state index in [1.165, 1.54) is 0 Å². The van der Waals surface area contributed by atoms with Gasteiger partial charge in [-0.15, -0.1) is 0 Å². The van der Waals surface area contributed by atoms with Gasteiger partial charge in [-0.3, -0.25) is 4.79 Å².